The smallest absolute Gasteiger partial charge is 0.282 e. The Kier molecular flexibility index (Phi) is 3.54. The predicted molar refractivity (Wildman–Crippen MR) is 70.1 cm³/mol. The third-order valence-corrected chi connectivity index (χ3v) is 3.20. The maximum Gasteiger partial charge on any atom is 0.282 e. The van der Waals surface area contributed by atoms with Crippen LogP contribution in [0.3, 0.4) is 0 Å². The molecule has 0 radical (unpaired) electrons. The van der Waals surface area contributed by atoms with E-state index in [4.69, 9.17) is 5.26 Å². The molecule has 0 atom stereocenters. The van der Waals surface area contributed by atoms with E-state index < -0.39 is 10.8 Å². The van der Waals surface area contributed by atoms with Gasteiger partial charge in [0.2, 0.25) is 0 Å². The Bertz CT molecular complexity index is 688. The van der Waals surface area contributed by atoms with Gasteiger partial charge in [-0.25, -0.2) is 0 Å². The average Bonchev–Trinajstić information content (AvgIpc) is 2.86. The minimum absolute atomic E-state index is 0.0144. The zero-order valence-corrected chi connectivity index (χ0v) is 10.3. The van der Waals surface area contributed by atoms with E-state index in [1.165, 1.54) is 18.2 Å². The Balaban J connectivity index is 2.25. The quantitative estimate of drug-likeness (QED) is 0.686. The Morgan fingerprint density at radius 1 is 1.32 bits per heavy atom. The summed E-state index contributed by atoms with van der Waals surface area (Å²) in [6.07, 6.45) is 0. The van der Waals surface area contributed by atoms with Crippen molar-refractivity contribution < 1.29 is 9.72 Å². The van der Waals surface area contributed by atoms with Crippen LogP contribution >= 0.6 is 11.3 Å². The largest absolute Gasteiger partial charge is 0.313 e. The van der Waals surface area contributed by atoms with Gasteiger partial charge in [-0.2, -0.15) is 5.26 Å². The SMILES string of the molecule is N#Cc1ccc(NC(=O)c2ccccc2[N+](=O)[O-])s1. The molecule has 0 saturated carbocycles. The highest BCUT2D eigenvalue weighted by Gasteiger charge is 2.19. The van der Waals surface area contributed by atoms with E-state index in [0.717, 1.165) is 11.3 Å². The van der Waals surface area contributed by atoms with E-state index in [-0.39, 0.29) is 11.3 Å². The standard InChI is InChI=1S/C12H7N3O3S/c13-7-8-5-6-11(19-8)14-12(16)9-3-1-2-4-10(9)15(17)18/h1-6H,(H,14,16). The van der Waals surface area contributed by atoms with Gasteiger partial charge in [-0.1, -0.05) is 12.1 Å². The predicted octanol–water partition coefficient (Wildman–Crippen LogP) is 2.78. The van der Waals surface area contributed by atoms with Gasteiger partial charge < -0.3 is 5.32 Å². The summed E-state index contributed by atoms with van der Waals surface area (Å²) in [5.41, 5.74) is -0.267. The fraction of sp³-hybridized carbons (Fsp3) is 0. The molecule has 94 valence electrons. The number of rotatable bonds is 3. The first-order valence-electron chi connectivity index (χ1n) is 5.16. The molecule has 0 spiro atoms. The number of nitro groups is 1. The molecule has 0 saturated heterocycles. The van der Waals surface area contributed by atoms with Crippen molar-refractivity contribution in [3.63, 3.8) is 0 Å². The normalized spacial score (nSPS) is 9.63. The van der Waals surface area contributed by atoms with E-state index in [1.54, 1.807) is 18.2 Å². The van der Waals surface area contributed by atoms with Gasteiger partial charge in [0.05, 0.1) is 9.92 Å². The number of nitro benzene ring substituents is 1. The number of hydrogen-bond acceptors (Lipinski definition) is 5. The molecule has 1 aromatic heterocycles. The number of hydrogen-bond donors (Lipinski definition) is 1. The lowest BCUT2D eigenvalue weighted by molar-refractivity contribution is -0.385. The Labute approximate surface area is 112 Å². The van der Waals surface area contributed by atoms with Gasteiger partial charge in [0, 0.05) is 6.07 Å². The highest BCUT2D eigenvalue weighted by Crippen LogP contribution is 2.24. The minimum atomic E-state index is -0.607. The first-order valence-corrected chi connectivity index (χ1v) is 5.98. The number of para-hydroxylation sites is 1. The van der Waals surface area contributed by atoms with Gasteiger partial charge in [-0.3, -0.25) is 14.9 Å². The molecule has 1 amide bonds. The molecule has 2 rings (SSSR count). The van der Waals surface area contributed by atoms with Gasteiger partial charge in [-0.05, 0) is 18.2 Å². The molecular weight excluding hydrogens is 266 g/mol. The van der Waals surface area contributed by atoms with Crippen LogP contribution in [0, 0.1) is 21.4 Å². The molecule has 7 heteroatoms. The van der Waals surface area contributed by atoms with Gasteiger partial charge in [0.15, 0.2) is 0 Å². The molecule has 1 aromatic carbocycles. The van der Waals surface area contributed by atoms with Gasteiger partial charge >= 0.3 is 0 Å². The lowest BCUT2D eigenvalue weighted by Crippen LogP contribution is -2.12. The fourth-order valence-electron chi connectivity index (χ4n) is 1.47. The number of anilines is 1. The second-order valence-corrected chi connectivity index (χ2v) is 4.59. The molecule has 0 bridgehead atoms. The second kappa shape index (κ2) is 5.29. The third-order valence-electron chi connectivity index (χ3n) is 2.30. The number of nitrogens with one attached hydrogen (secondary N) is 1. The molecule has 0 unspecified atom stereocenters. The summed E-state index contributed by atoms with van der Waals surface area (Å²) in [4.78, 5) is 22.6. The number of benzene rings is 1. The average molecular weight is 273 g/mol. The summed E-state index contributed by atoms with van der Waals surface area (Å²) in [5, 5.41) is 22.5. The van der Waals surface area contributed by atoms with Crippen molar-refractivity contribution in [1.82, 2.24) is 0 Å². The Morgan fingerprint density at radius 3 is 2.68 bits per heavy atom. The molecule has 6 nitrogen and oxygen atoms in total. The van der Waals surface area contributed by atoms with E-state index in [0.29, 0.717) is 9.88 Å². The van der Waals surface area contributed by atoms with Gasteiger partial charge in [-0.15, -0.1) is 11.3 Å². The molecule has 2 aromatic rings. The Hall–Kier alpha value is -2.72. The van der Waals surface area contributed by atoms with Crippen molar-refractivity contribution in [2.24, 2.45) is 0 Å². The number of nitriles is 1. The lowest BCUT2D eigenvalue weighted by atomic mass is 10.1. The van der Waals surface area contributed by atoms with Crippen molar-refractivity contribution in [3.05, 3.63) is 57.0 Å². The summed E-state index contributed by atoms with van der Waals surface area (Å²) in [6.45, 7) is 0. The lowest BCUT2D eigenvalue weighted by Gasteiger charge is -2.02. The maximum absolute atomic E-state index is 11.9. The van der Waals surface area contributed by atoms with Crippen LogP contribution in [0.4, 0.5) is 10.7 Å². The van der Waals surface area contributed by atoms with Crippen molar-refractivity contribution in [1.29, 1.82) is 5.26 Å². The molecular formula is C12H7N3O3S. The van der Waals surface area contributed by atoms with Crippen LogP contribution < -0.4 is 5.32 Å². The summed E-state index contributed by atoms with van der Waals surface area (Å²) >= 11 is 1.11. The van der Waals surface area contributed by atoms with Crippen LogP contribution in [-0.4, -0.2) is 10.8 Å². The highest BCUT2D eigenvalue weighted by atomic mass is 32.1. The molecule has 0 aliphatic heterocycles. The number of amides is 1. The topological polar surface area (TPSA) is 96.0 Å². The van der Waals surface area contributed by atoms with Gasteiger partial charge in [0.1, 0.15) is 16.5 Å². The molecule has 0 fully saturated rings. The van der Waals surface area contributed by atoms with Crippen LogP contribution in [0.25, 0.3) is 0 Å². The van der Waals surface area contributed by atoms with Crippen molar-refractivity contribution >= 4 is 27.9 Å². The molecule has 19 heavy (non-hydrogen) atoms. The molecule has 1 N–H and O–H groups in total. The van der Waals surface area contributed by atoms with E-state index >= 15 is 0 Å². The van der Waals surface area contributed by atoms with E-state index in [1.807, 2.05) is 6.07 Å². The van der Waals surface area contributed by atoms with Crippen molar-refractivity contribution in [2.75, 3.05) is 5.32 Å². The van der Waals surface area contributed by atoms with Gasteiger partial charge in [0.25, 0.3) is 11.6 Å². The second-order valence-electron chi connectivity index (χ2n) is 3.50. The van der Waals surface area contributed by atoms with E-state index in [2.05, 4.69) is 5.32 Å². The fourth-order valence-corrected chi connectivity index (χ4v) is 2.17. The third kappa shape index (κ3) is 2.75. The number of nitrogens with zero attached hydrogens (tertiary/aromatic N) is 2. The first kappa shape index (κ1) is 12.7. The highest BCUT2D eigenvalue weighted by molar-refractivity contribution is 7.16. The van der Waals surface area contributed by atoms with Crippen LogP contribution in [0.1, 0.15) is 15.2 Å². The molecule has 0 aliphatic carbocycles. The van der Waals surface area contributed by atoms with Crippen molar-refractivity contribution in [3.8, 4) is 6.07 Å². The molecule has 1 heterocycles. The zero-order chi connectivity index (χ0) is 13.8. The summed E-state index contributed by atoms with van der Waals surface area (Å²) < 4.78 is 0. The van der Waals surface area contributed by atoms with Crippen LogP contribution in [-0.2, 0) is 0 Å². The van der Waals surface area contributed by atoms with Crippen LogP contribution in [0.15, 0.2) is 36.4 Å². The summed E-state index contributed by atoms with van der Waals surface area (Å²) in [5.74, 6) is -0.571. The number of carbonyl (C=O) groups excluding carboxylic acids is 1. The maximum atomic E-state index is 11.9. The van der Waals surface area contributed by atoms with E-state index in [9.17, 15) is 14.9 Å². The zero-order valence-electron chi connectivity index (χ0n) is 9.49. The minimum Gasteiger partial charge on any atom is -0.313 e. The number of carbonyl (C=O) groups is 1. The molecule has 0 aliphatic rings. The number of thiophene rings is 1. The van der Waals surface area contributed by atoms with Crippen LogP contribution in [0.2, 0.25) is 0 Å². The Morgan fingerprint density at radius 2 is 2.05 bits per heavy atom. The first-order chi connectivity index (χ1) is 9.11. The van der Waals surface area contributed by atoms with Crippen molar-refractivity contribution in [2.45, 2.75) is 0 Å². The monoisotopic (exact) mass is 273 g/mol. The van der Waals surface area contributed by atoms with Crippen LogP contribution in [0.5, 0.6) is 0 Å². The summed E-state index contributed by atoms with van der Waals surface area (Å²) in [7, 11) is 0. The summed E-state index contributed by atoms with van der Waals surface area (Å²) in [6, 6.07) is 10.8.